The van der Waals surface area contributed by atoms with E-state index in [4.69, 9.17) is 4.42 Å². The molecule has 3 aromatic rings. The largest absolute Gasteiger partial charge is 0.464 e. The molecule has 0 spiro atoms. The first-order valence-corrected chi connectivity index (χ1v) is 9.71. The summed E-state index contributed by atoms with van der Waals surface area (Å²) in [5.74, 6) is 0.0142. The lowest BCUT2D eigenvalue weighted by molar-refractivity contribution is -0.131. The van der Waals surface area contributed by atoms with Gasteiger partial charge in [0.05, 0.1) is 12.7 Å². The highest BCUT2D eigenvalue weighted by Gasteiger charge is 2.25. The van der Waals surface area contributed by atoms with Gasteiger partial charge in [0, 0.05) is 36.3 Å². The standard InChI is InChI=1S/C22H25N3O3/c1-14-5-6-18-16(13-28-21(18)15(14)2)12-20(26)25-10-7-17(8-11-25)24-22(27)19-4-3-9-23-19/h3-6,9,13,17,23H,7-8,10-12H2,1-2H3,(H,24,27). The van der Waals surface area contributed by atoms with Gasteiger partial charge in [-0.05, 0) is 49.9 Å². The van der Waals surface area contributed by atoms with Crippen molar-refractivity contribution in [1.29, 1.82) is 0 Å². The summed E-state index contributed by atoms with van der Waals surface area (Å²) in [5.41, 5.74) is 4.67. The molecule has 4 rings (SSSR count). The van der Waals surface area contributed by atoms with Crippen LogP contribution in [0.3, 0.4) is 0 Å². The van der Waals surface area contributed by atoms with Crippen molar-refractivity contribution in [2.75, 3.05) is 13.1 Å². The van der Waals surface area contributed by atoms with Gasteiger partial charge >= 0.3 is 0 Å². The van der Waals surface area contributed by atoms with Gasteiger partial charge in [0.25, 0.3) is 5.91 Å². The molecule has 1 aromatic carbocycles. The first kappa shape index (κ1) is 18.3. The van der Waals surface area contributed by atoms with Crippen molar-refractivity contribution in [3.05, 3.63) is 59.1 Å². The number of nitrogens with zero attached hydrogens (tertiary/aromatic N) is 1. The number of piperidine rings is 1. The summed E-state index contributed by atoms with van der Waals surface area (Å²) in [4.78, 5) is 29.7. The number of benzene rings is 1. The highest BCUT2D eigenvalue weighted by molar-refractivity contribution is 5.92. The normalized spacial score (nSPS) is 15.1. The van der Waals surface area contributed by atoms with Crippen LogP contribution in [0.15, 0.2) is 41.1 Å². The van der Waals surface area contributed by atoms with Crippen molar-refractivity contribution in [1.82, 2.24) is 15.2 Å². The van der Waals surface area contributed by atoms with Crippen LogP contribution < -0.4 is 5.32 Å². The van der Waals surface area contributed by atoms with Crippen LogP contribution in [0.5, 0.6) is 0 Å². The van der Waals surface area contributed by atoms with Crippen LogP contribution in [-0.4, -0.2) is 40.8 Å². The molecular formula is C22H25N3O3. The highest BCUT2D eigenvalue weighted by atomic mass is 16.3. The molecular weight excluding hydrogens is 354 g/mol. The van der Waals surface area contributed by atoms with E-state index in [-0.39, 0.29) is 17.9 Å². The topological polar surface area (TPSA) is 78.3 Å². The van der Waals surface area contributed by atoms with Crippen molar-refractivity contribution < 1.29 is 14.0 Å². The number of fused-ring (bicyclic) bond motifs is 1. The third kappa shape index (κ3) is 3.54. The number of H-pyrrole nitrogens is 1. The number of aromatic amines is 1. The fourth-order valence-corrected chi connectivity index (χ4v) is 3.81. The maximum Gasteiger partial charge on any atom is 0.267 e. The minimum atomic E-state index is -0.0923. The lowest BCUT2D eigenvalue weighted by Gasteiger charge is -2.32. The number of hydrogen-bond acceptors (Lipinski definition) is 3. The highest BCUT2D eigenvalue weighted by Crippen LogP contribution is 2.27. The predicted octanol–water partition coefficient (Wildman–Crippen LogP) is 3.34. The van der Waals surface area contributed by atoms with Crippen molar-refractivity contribution in [2.24, 2.45) is 0 Å². The third-order valence-corrected chi connectivity index (χ3v) is 5.71. The van der Waals surface area contributed by atoms with Crippen LogP contribution in [-0.2, 0) is 11.2 Å². The molecule has 0 atom stereocenters. The molecule has 2 amide bonds. The fourth-order valence-electron chi connectivity index (χ4n) is 3.81. The van der Waals surface area contributed by atoms with Gasteiger partial charge in [-0.15, -0.1) is 0 Å². The quantitative estimate of drug-likeness (QED) is 0.730. The molecule has 2 N–H and O–H groups in total. The molecule has 146 valence electrons. The molecule has 3 heterocycles. The molecule has 6 nitrogen and oxygen atoms in total. The van der Waals surface area contributed by atoms with E-state index in [1.165, 1.54) is 5.56 Å². The second kappa shape index (κ2) is 7.54. The van der Waals surface area contributed by atoms with E-state index in [9.17, 15) is 9.59 Å². The van der Waals surface area contributed by atoms with E-state index in [0.29, 0.717) is 25.2 Å². The zero-order valence-corrected chi connectivity index (χ0v) is 16.2. The Kier molecular flexibility index (Phi) is 4.94. The first-order chi connectivity index (χ1) is 13.5. The Morgan fingerprint density at radius 2 is 2.00 bits per heavy atom. The lowest BCUT2D eigenvalue weighted by atomic mass is 10.0. The number of aryl methyl sites for hydroxylation is 2. The zero-order valence-electron chi connectivity index (χ0n) is 16.2. The molecule has 28 heavy (non-hydrogen) atoms. The van der Waals surface area contributed by atoms with E-state index in [1.807, 2.05) is 17.9 Å². The summed E-state index contributed by atoms with van der Waals surface area (Å²) >= 11 is 0. The smallest absolute Gasteiger partial charge is 0.267 e. The molecule has 2 aromatic heterocycles. The van der Waals surface area contributed by atoms with E-state index in [1.54, 1.807) is 24.6 Å². The van der Waals surface area contributed by atoms with Crippen LogP contribution in [0.25, 0.3) is 11.0 Å². The van der Waals surface area contributed by atoms with Gasteiger partial charge in [0.15, 0.2) is 0 Å². The Morgan fingerprint density at radius 1 is 1.21 bits per heavy atom. The number of amides is 2. The molecule has 1 aliphatic heterocycles. The number of carbonyl (C=O) groups excluding carboxylic acids is 2. The molecule has 0 radical (unpaired) electrons. The van der Waals surface area contributed by atoms with E-state index < -0.39 is 0 Å². The number of furan rings is 1. The van der Waals surface area contributed by atoms with Gasteiger partial charge in [0.1, 0.15) is 11.3 Å². The van der Waals surface area contributed by atoms with Gasteiger partial charge in [0.2, 0.25) is 5.91 Å². The van der Waals surface area contributed by atoms with Crippen LogP contribution in [0.4, 0.5) is 0 Å². The van der Waals surface area contributed by atoms with Gasteiger partial charge in [-0.2, -0.15) is 0 Å². The van der Waals surface area contributed by atoms with Crippen molar-refractivity contribution in [2.45, 2.75) is 39.2 Å². The Bertz CT molecular complexity index is 996. The molecule has 6 heteroatoms. The second-order valence-corrected chi connectivity index (χ2v) is 7.53. The molecule has 1 aliphatic rings. The maximum absolute atomic E-state index is 12.8. The molecule has 1 saturated heterocycles. The van der Waals surface area contributed by atoms with E-state index >= 15 is 0 Å². The zero-order chi connectivity index (χ0) is 19.7. The average molecular weight is 379 g/mol. The van der Waals surface area contributed by atoms with Crippen LogP contribution in [0.1, 0.15) is 40.0 Å². The number of carbonyl (C=O) groups is 2. The van der Waals surface area contributed by atoms with E-state index in [0.717, 1.165) is 34.9 Å². The monoisotopic (exact) mass is 379 g/mol. The molecule has 1 fully saturated rings. The van der Waals surface area contributed by atoms with Gasteiger partial charge in [-0.1, -0.05) is 12.1 Å². The number of rotatable bonds is 4. The number of hydrogen-bond donors (Lipinski definition) is 2. The number of aromatic nitrogens is 1. The molecule has 0 bridgehead atoms. The minimum Gasteiger partial charge on any atom is -0.464 e. The fraction of sp³-hybridized carbons (Fsp3) is 0.364. The average Bonchev–Trinajstić information content (AvgIpc) is 3.36. The number of nitrogens with one attached hydrogen (secondary N) is 2. The lowest BCUT2D eigenvalue weighted by Crippen LogP contribution is -2.47. The Balaban J connectivity index is 1.34. The van der Waals surface area contributed by atoms with Gasteiger partial charge < -0.3 is 19.6 Å². The number of likely N-dealkylation sites (tertiary alicyclic amines) is 1. The first-order valence-electron chi connectivity index (χ1n) is 9.71. The maximum atomic E-state index is 12.8. The summed E-state index contributed by atoms with van der Waals surface area (Å²) in [6.45, 7) is 5.41. The van der Waals surface area contributed by atoms with Gasteiger partial charge in [-0.3, -0.25) is 9.59 Å². The second-order valence-electron chi connectivity index (χ2n) is 7.53. The van der Waals surface area contributed by atoms with Gasteiger partial charge in [-0.25, -0.2) is 0 Å². The van der Waals surface area contributed by atoms with E-state index in [2.05, 4.69) is 23.3 Å². The summed E-state index contributed by atoms with van der Waals surface area (Å²) in [5, 5.41) is 4.06. The summed E-state index contributed by atoms with van der Waals surface area (Å²) in [6.07, 6.45) is 5.32. The van der Waals surface area contributed by atoms with Crippen LogP contribution in [0, 0.1) is 13.8 Å². The summed E-state index contributed by atoms with van der Waals surface area (Å²) in [7, 11) is 0. The van der Waals surface area contributed by atoms with Crippen LogP contribution >= 0.6 is 0 Å². The third-order valence-electron chi connectivity index (χ3n) is 5.71. The summed E-state index contributed by atoms with van der Waals surface area (Å²) < 4.78 is 5.72. The van der Waals surface area contributed by atoms with Crippen molar-refractivity contribution in [3.8, 4) is 0 Å². The van der Waals surface area contributed by atoms with Crippen LogP contribution in [0.2, 0.25) is 0 Å². The van der Waals surface area contributed by atoms with Crippen molar-refractivity contribution in [3.63, 3.8) is 0 Å². The Morgan fingerprint density at radius 3 is 2.71 bits per heavy atom. The molecule has 0 aliphatic carbocycles. The molecule has 0 unspecified atom stereocenters. The summed E-state index contributed by atoms with van der Waals surface area (Å²) in [6, 6.07) is 7.76. The Hall–Kier alpha value is -3.02. The SMILES string of the molecule is Cc1ccc2c(CC(=O)N3CCC(NC(=O)c4ccc[nH]4)CC3)coc2c1C. The minimum absolute atomic E-state index is 0.0923. The molecule has 0 saturated carbocycles. The van der Waals surface area contributed by atoms with Crippen molar-refractivity contribution >= 4 is 22.8 Å². The predicted molar refractivity (Wildman–Crippen MR) is 107 cm³/mol. The Labute approximate surface area is 163 Å².